The van der Waals surface area contributed by atoms with Crippen LogP contribution in [0.3, 0.4) is 0 Å². The quantitative estimate of drug-likeness (QED) is 0.698. The average molecular weight is 185 g/mol. The molecule has 1 fully saturated rings. The third-order valence-electron chi connectivity index (χ3n) is 2.31. The van der Waals surface area contributed by atoms with E-state index in [1.807, 2.05) is 0 Å². The Bertz CT molecular complexity index is 338. The lowest BCUT2D eigenvalue weighted by Crippen LogP contribution is -2.22. The Morgan fingerprint density at radius 3 is 2.08 bits per heavy atom. The number of hydrogen-bond acceptors (Lipinski definition) is 2. The van der Waals surface area contributed by atoms with E-state index in [1.165, 1.54) is 0 Å². The molecule has 0 amide bonds. The lowest BCUT2D eigenvalue weighted by Gasteiger charge is -2.11. The van der Waals surface area contributed by atoms with Gasteiger partial charge in [-0.25, -0.2) is 8.78 Å². The highest BCUT2D eigenvalue weighted by molar-refractivity contribution is 5.37. The van der Waals surface area contributed by atoms with Gasteiger partial charge in [0.2, 0.25) is 0 Å². The number of rotatable bonds is 1. The molecule has 0 aliphatic heterocycles. The SMILES string of the molecule is NC1(c2c(F)cc(O)cc2F)CC1. The molecule has 0 heterocycles. The standard InChI is InChI=1S/C9H9F2NO/c10-6-3-5(13)4-7(11)8(6)9(12)1-2-9/h3-4,13H,1-2,12H2. The number of halogens is 2. The summed E-state index contributed by atoms with van der Waals surface area (Å²) in [4.78, 5) is 0. The summed E-state index contributed by atoms with van der Waals surface area (Å²) in [6.07, 6.45) is 1.18. The van der Waals surface area contributed by atoms with Crippen LogP contribution in [0.4, 0.5) is 8.78 Å². The number of aromatic hydroxyl groups is 1. The van der Waals surface area contributed by atoms with Gasteiger partial charge in [-0.3, -0.25) is 0 Å². The average Bonchev–Trinajstić information content (AvgIpc) is 2.65. The molecular formula is C9H9F2NO. The van der Waals surface area contributed by atoms with Crippen LogP contribution in [0.2, 0.25) is 0 Å². The van der Waals surface area contributed by atoms with E-state index in [2.05, 4.69) is 0 Å². The van der Waals surface area contributed by atoms with E-state index in [1.54, 1.807) is 0 Å². The van der Waals surface area contributed by atoms with Crippen LogP contribution in [0.1, 0.15) is 18.4 Å². The Morgan fingerprint density at radius 2 is 1.69 bits per heavy atom. The van der Waals surface area contributed by atoms with Crippen LogP contribution >= 0.6 is 0 Å². The number of benzene rings is 1. The molecule has 0 unspecified atom stereocenters. The van der Waals surface area contributed by atoms with Crippen molar-refractivity contribution in [1.82, 2.24) is 0 Å². The molecule has 1 aromatic carbocycles. The molecule has 0 radical (unpaired) electrons. The van der Waals surface area contributed by atoms with Crippen molar-refractivity contribution in [3.63, 3.8) is 0 Å². The summed E-state index contributed by atoms with van der Waals surface area (Å²) in [6.45, 7) is 0. The van der Waals surface area contributed by atoms with Gasteiger partial charge in [-0.2, -0.15) is 0 Å². The van der Waals surface area contributed by atoms with E-state index >= 15 is 0 Å². The largest absolute Gasteiger partial charge is 0.508 e. The summed E-state index contributed by atoms with van der Waals surface area (Å²) in [5.74, 6) is -1.95. The first-order valence-electron chi connectivity index (χ1n) is 4.00. The van der Waals surface area contributed by atoms with Gasteiger partial charge in [0.25, 0.3) is 0 Å². The number of phenolic OH excluding ortho intramolecular Hbond substituents is 1. The Balaban J connectivity index is 2.57. The molecule has 2 nitrogen and oxygen atoms in total. The van der Waals surface area contributed by atoms with Gasteiger partial charge in [-0.15, -0.1) is 0 Å². The highest BCUT2D eigenvalue weighted by Crippen LogP contribution is 2.45. The Morgan fingerprint density at radius 1 is 1.23 bits per heavy atom. The first kappa shape index (κ1) is 8.44. The zero-order valence-electron chi connectivity index (χ0n) is 6.85. The Hall–Kier alpha value is -1.16. The maximum Gasteiger partial charge on any atom is 0.134 e. The lowest BCUT2D eigenvalue weighted by molar-refractivity contribution is 0.451. The maximum absolute atomic E-state index is 13.2. The van der Waals surface area contributed by atoms with Crippen LogP contribution in [0, 0.1) is 11.6 Å². The Labute approximate surface area is 74.0 Å². The minimum Gasteiger partial charge on any atom is -0.508 e. The molecule has 1 aromatic rings. The van der Waals surface area contributed by atoms with Crippen molar-refractivity contribution in [3.8, 4) is 5.75 Å². The highest BCUT2D eigenvalue weighted by atomic mass is 19.1. The van der Waals surface area contributed by atoms with Crippen molar-refractivity contribution in [2.24, 2.45) is 5.73 Å². The van der Waals surface area contributed by atoms with Gasteiger partial charge in [0.05, 0.1) is 0 Å². The van der Waals surface area contributed by atoms with Gasteiger partial charge >= 0.3 is 0 Å². The molecule has 1 aliphatic rings. The third kappa shape index (κ3) is 1.27. The van der Waals surface area contributed by atoms with Gasteiger partial charge < -0.3 is 10.8 Å². The van der Waals surface area contributed by atoms with Gasteiger partial charge in [0.1, 0.15) is 17.4 Å². The number of hydrogen-bond donors (Lipinski definition) is 2. The second kappa shape index (κ2) is 2.42. The zero-order valence-corrected chi connectivity index (χ0v) is 6.85. The van der Waals surface area contributed by atoms with Crippen molar-refractivity contribution in [2.75, 3.05) is 0 Å². The van der Waals surface area contributed by atoms with Gasteiger partial charge in [-0.05, 0) is 12.8 Å². The first-order chi connectivity index (χ1) is 6.03. The van der Waals surface area contributed by atoms with Crippen LogP contribution in [-0.2, 0) is 5.54 Å². The predicted octanol–water partition coefficient (Wildman–Crippen LogP) is 1.62. The topological polar surface area (TPSA) is 46.2 Å². The summed E-state index contributed by atoms with van der Waals surface area (Å²) in [5.41, 5.74) is 4.71. The second-order valence-electron chi connectivity index (χ2n) is 3.44. The van der Waals surface area contributed by atoms with Gasteiger partial charge in [0, 0.05) is 23.2 Å². The fraction of sp³-hybridized carbons (Fsp3) is 0.333. The smallest absolute Gasteiger partial charge is 0.134 e. The molecule has 1 saturated carbocycles. The second-order valence-corrected chi connectivity index (χ2v) is 3.44. The van der Waals surface area contributed by atoms with E-state index in [0.717, 1.165) is 12.1 Å². The summed E-state index contributed by atoms with van der Waals surface area (Å²) in [5, 5.41) is 8.88. The van der Waals surface area contributed by atoms with Crippen LogP contribution in [-0.4, -0.2) is 5.11 Å². The summed E-state index contributed by atoms with van der Waals surface area (Å²) >= 11 is 0. The van der Waals surface area contributed by atoms with Crippen molar-refractivity contribution >= 4 is 0 Å². The molecule has 4 heteroatoms. The van der Waals surface area contributed by atoms with Crippen LogP contribution in [0.5, 0.6) is 5.75 Å². The third-order valence-corrected chi connectivity index (χ3v) is 2.31. The minimum absolute atomic E-state index is 0.106. The fourth-order valence-corrected chi connectivity index (χ4v) is 1.42. The molecule has 0 spiro atoms. The molecule has 0 saturated heterocycles. The van der Waals surface area contributed by atoms with E-state index in [0.29, 0.717) is 12.8 Å². The molecule has 70 valence electrons. The van der Waals surface area contributed by atoms with Gasteiger partial charge in [-0.1, -0.05) is 0 Å². The summed E-state index contributed by atoms with van der Waals surface area (Å²) < 4.78 is 26.3. The van der Waals surface area contributed by atoms with Crippen LogP contribution in [0.25, 0.3) is 0 Å². The predicted molar refractivity (Wildman–Crippen MR) is 43.1 cm³/mol. The van der Waals surface area contributed by atoms with E-state index < -0.39 is 22.9 Å². The van der Waals surface area contributed by atoms with E-state index in [-0.39, 0.29) is 5.56 Å². The molecule has 0 atom stereocenters. The molecule has 0 aromatic heterocycles. The van der Waals surface area contributed by atoms with E-state index in [4.69, 9.17) is 10.8 Å². The zero-order chi connectivity index (χ0) is 9.64. The molecule has 13 heavy (non-hydrogen) atoms. The lowest BCUT2D eigenvalue weighted by atomic mass is 10.0. The van der Waals surface area contributed by atoms with Crippen molar-refractivity contribution in [2.45, 2.75) is 18.4 Å². The maximum atomic E-state index is 13.2. The normalized spacial score (nSPS) is 18.7. The molecule has 0 bridgehead atoms. The Kier molecular flexibility index (Phi) is 1.57. The molecule has 3 N–H and O–H groups in total. The first-order valence-corrected chi connectivity index (χ1v) is 4.00. The minimum atomic E-state index is -0.845. The summed E-state index contributed by atoms with van der Waals surface area (Å²) in [6, 6.07) is 1.76. The van der Waals surface area contributed by atoms with Crippen molar-refractivity contribution < 1.29 is 13.9 Å². The molecule has 1 aliphatic carbocycles. The number of phenols is 1. The monoisotopic (exact) mass is 185 g/mol. The molecule has 2 rings (SSSR count). The molecular weight excluding hydrogens is 176 g/mol. The number of nitrogens with two attached hydrogens (primary N) is 1. The summed E-state index contributed by atoms with van der Waals surface area (Å²) in [7, 11) is 0. The van der Waals surface area contributed by atoms with Crippen molar-refractivity contribution in [3.05, 3.63) is 29.3 Å². The van der Waals surface area contributed by atoms with Crippen molar-refractivity contribution in [1.29, 1.82) is 0 Å². The fourth-order valence-electron chi connectivity index (χ4n) is 1.42. The highest BCUT2D eigenvalue weighted by Gasteiger charge is 2.44. The van der Waals surface area contributed by atoms with E-state index in [9.17, 15) is 8.78 Å². The van der Waals surface area contributed by atoms with Crippen LogP contribution in [0.15, 0.2) is 12.1 Å². The van der Waals surface area contributed by atoms with Gasteiger partial charge in [0.15, 0.2) is 0 Å². The van der Waals surface area contributed by atoms with Crippen LogP contribution < -0.4 is 5.73 Å².